The van der Waals surface area contributed by atoms with Crippen LogP contribution in [0.25, 0.3) is 6.08 Å². The minimum atomic E-state index is -0.835. The Morgan fingerprint density at radius 1 is 1.07 bits per heavy atom. The van der Waals surface area contributed by atoms with Gasteiger partial charge in [0.15, 0.2) is 16.3 Å². The predicted octanol–water partition coefficient (Wildman–Crippen LogP) is 4.94. The molecule has 3 aromatic rings. The first-order valence-electron chi connectivity index (χ1n) is 14.5. The highest BCUT2D eigenvalue weighted by atomic mass is 32.1. The van der Waals surface area contributed by atoms with Crippen molar-refractivity contribution in [2.75, 3.05) is 19.8 Å². The number of unbranched alkanes of at least 4 members (excludes halogenated alkanes) is 1. The molecule has 1 atom stereocenters. The van der Waals surface area contributed by atoms with E-state index in [4.69, 9.17) is 18.9 Å². The van der Waals surface area contributed by atoms with E-state index in [1.54, 1.807) is 25.1 Å². The number of hydrogen-bond acceptors (Lipinski definition) is 9. The van der Waals surface area contributed by atoms with Gasteiger partial charge in [-0.1, -0.05) is 56.7 Å². The van der Waals surface area contributed by atoms with Gasteiger partial charge in [0.1, 0.15) is 5.75 Å². The highest BCUT2D eigenvalue weighted by molar-refractivity contribution is 7.07. The molecule has 1 aromatic heterocycles. The summed E-state index contributed by atoms with van der Waals surface area (Å²) in [4.78, 5) is 44.3. The van der Waals surface area contributed by atoms with Crippen LogP contribution < -0.4 is 29.1 Å². The summed E-state index contributed by atoms with van der Waals surface area (Å²) in [6.45, 7) is 12.1. The molecule has 0 saturated heterocycles. The van der Waals surface area contributed by atoms with Gasteiger partial charge < -0.3 is 18.9 Å². The molecular formula is C33H38N2O7S. The third-order valence-electron chi connectivity index (χ3n) is 6.57. The number of nitrogens with zero attached hydrogens (tertiary/aromatic N) is 2. The Kier molecular flexibility index (Phi) is 10.6. The molecule has 1 aliphatic heterocycles. The molecule has 10 heteroatoms. The summed E-state index contributed by atoms with van der Waals surface area (Å²) in [6.07, 6.45) is 3.84. The summed E-state index contributed by atoms with van der Waals surface area (Å²) in [7, 11) is 0. The predicted molar refractivity (Wildman–Crippen MR) is 165 cm³/mol. The topological polar surface area (TPSA) is 105 Å². The molecule has 2 aromatic carbocycles. The van der Waals surface area contributed by atoms with Crippen LogP contribution in [0.2, 0.25) is 0 Å². The number of rotatable bonds is 12. The fourth-order valence-corrected chi connectivity index (χ4v) is 5.61. The molecule has 0 spiro atoms. The van der Waals surface area contributed by atoms with Gasteiger partial charge in [0.2, 0.25) is 0 Å². The number of carbonyl (C=O) groups excluding carboxylic acids is 2. The van der Waals surface area contributed by atoms with Gasteiger partial charge in [-0.05, 0) is 67.7 Å². The summed E-state index contributed by atoms with van der Waals surface area (Å²) in [6, 6.07) is 11.7. The molecule has 0 aliphatic carbocycles. The molecule has 0 saturated carbocycles. The zero-order valence-corrected chi connectivity index (χ0v) is 26.3. The molecular weight excluding hydrogens is 568 g/mol. The normalized spacial score (nSPS) is 14.8. The Hall–Kier alpha value is -4.18. The first-order valence-corrected chi connectivity index (χ1v) is 15.3. The molecule has 0 N–H and O–H groups in total. The largest absolute Gasteiger partial charge is 0.494 e. The summed E-state index contributed by atoms with van der Waals surface area (Å²) in [5, 5.41) is 0. The van der Waals surface area contributed by atoms with Crippen LogP contribution in [-0.4, -0.2) is 36.3 Å². The minimum absolute atomic E-state index is 0.125. The summed E-state index contributed by atoms with van der Waals surface area (Å²) in [5.74, 6) is 0.432. The lowest BCUT2D eigenvalue weighted by Crippen LogP contribution is -2.40. The molecule has 9 nitrogen and oxygen atoms in total. The molecule has 4 rings (SSSR count). The van der Waals surface area contributed by atoms with E-state index in [0.717, 1.165) is 24.2 Å². The molecule has 0 radical (unpaired) electrons. The van der Waals surface area contributed by atoms with E-state index >= 15 is 0 Å². The van der Waals surface area contributed by atoms with Gasteiger partial charge in [-0.2, -0.15) is 0 Å². The van der Waals surface area contributed by atoms with Gasteiger partial charge in [0.25, 0.3) is 5.56 Å². The van der Waals surface area contributed by atoms with Gasteiger partial charge in [-0.3, -0.25) is 14.2 Å². The number of thiazole rings is 1. The zero-order chi connectivity index (χ0) is 31.1. The second-order valence-corrected chi connectivity index (χ2v) is 11.6. The van der Waals surface area contributed by atoms with Crippen LogP contribution in [0.4, 0.5) is 0 Å². The van der Waals surface area contributed by atoms with Crippen molar-refractivity contribution in [1.29, 1.82) is 0 Å². The quantitative estimate of drug-likeness (QED) is 0.163. The Labute approximate surface area is 255 Å². The second kappa shape index (κ2) is 14.3. The van der Waals surface area contributed by atoms with Crippen LogP contribution in [0.15, 0.2) is 63.5 Å². The fourth-order valence-electron chi connectivity index (χ4n) is 4.57. The third kappa shape index (κ3) is 7.62. The molecule has 0 bridgehead atoms. The lowest BCUT2D eigenvalue weighted by molar-refractivity contribution is -0.140. The van der Waals surface area contributed by atoms with Gasteiger partial charge in [-0.25, -0.2) is 9.79 Å². The highest BCUT2D eigenvalue weighted by Gasteiger charge is 2.34. The number of esters is 2. The molecule has 2 heterocycles. The Morgan fingerprint density at radius 3 is 2.47 bits per heavy atom. The summed E-state index contributed by atoms with van der Waals surface area (Å²) in [5.41, 5.74) is 1.85. The lowest BCUT2D eigenvalue weighted by atomic mass is 9.95. The van der Waals surface area contributed by atoms with Crippen molar-refractivity contribution in [2.24, 2.45) is 10.9 Å². The maximum atomic E-state index is 14.0. The van der Waals surface area contributed by atoms with Crippen LogP contribution in [-0.2, 0) is 14.3 Å². The SMILES string of the molecule is CCCCOc1ccc(/C=c2/sc3n(c2=O)C(c2ccc(OC(C)=O)c(OCC)c2)C(C(=O)OCC(C)C)=C(C)N=3)cc1. The fraction of sp³-hybridized carbons (Fsp3) is 0.394. The number of benzene rings is 2. The number of hydrogen-bond donors (Lipinski definition) is 0. The summed E-state index contributed by atoms with van der Waals surface area (Å²) >= 11 is 1.25. The number of carbonyl (C=O) groups is 2. The third-order valence-corrected chi connectivity index (χ3v) is 7.55. The zero-order valence-electron chi connectivity index (χ0n) is 25.5. The van der Waals surface area contributed by atoms with Crippen molar-refractivity contribution in [3.05, 3.63) is 84.5 Å². The first kappa shape index (κ1) is 31.7. The van der Waals surface area contributed by atoms with Crippen LogP contribution in [0.1, 0.15) is 71.6 Å². The van der Waals surface area contributed by atoms with E-state index in [2.05, 4.69) is 11.9 Å². The highest BCUT2D eigenvalue weighted by Crippen LogP contribution is 2.36. The van der Waals surface area contributed by atoms with Crippen molar-refractivity contribution in [1.82, 2.24) is 4.57 Å². The summed E-state index contributed by atoms with van der Waals surface area (Å²) < 4.78 is 24.5. The van der Waals surface area contributed by atoms with E-state index in [1.165, 1.54) is 22.8 Å². The van der Waals surface area contributed by atoms with Crippen molar-refractivity contribution in [3.63, 3.8) is 0 Å². The van der Waals surface area contributed by atoms with Gasteiger partial charge in [0.05, 0.1) is 41.7 Å². The van der Waals surface area contributed by atoms with Gasteiger partial charge >= 0.3 is 11.9 Å². The Morgan fingerprint density at radius 2 is 1.81 bits per heavy atom. The number of ether oxygens (including phenoxy) is 4. The van der Waals surface area contributed by atoms with E-state index in [0.29, 0.717) is 39.6 Å². The van der Waals surface area contributed by atoms with Crippen molar-refractivity contribution in [3.8, 4) is 17.2 Å². The van der Waals surface area contributed by atoms with E-state index in [9.17, 15) is 14.4 Å². The first-order chi connectivity index (χ1) is 20.6. The van der Waals surface area contributed by atoms with Crippen molar-refractivity contribution in [2.45, 2.75) is 60.4 Å². The molecule has 228 valence electrons. The van der Waals surface area contributed by atoms with E-state index in [-0.39, 0.29) is 29.4 Å². The van der Waals surface area contributed by atoms with Crippen LogP contribution >= 0.6 is 11.3 Å². The van der Waals surface area contributed by atoms with Gasteiger partial charge in [0, 0.05) is 6.92 Å². The number of allylic oxidation sites excluding steroid dienone is 1. The van der Waals surface area contributed by atoms with Crippen LogP contribution in [0.3, 0.4) is 0 Å². The second-order valence-electron chi connectivity index (χ2n) is 10.6. The molecule has 43 heavy (non-hydrogen) atoms. The molecule has 0 fully saturated rings. The van der Waals surface area contributed by atoms with Crippen molar-refractivity contribution >= 4 is 29.4 Å². The molecule has 1 unspecified atom stereocenters. The maximum Gasteiger partial charge on any atom is 0.338 e. The van der Waals surface area contributed by atoms with E-state index in [1.807, 2.05) is 51.1 Å². The average molecular weight is 607 g/mol. The monoisotopic (exact) mass is 606 g/mol. The lowest BCUT2D eigenvalue weighted by Gasteiger charge is -2.25. The maximum absolute atomic E-state index is 14.0. The Bertz CT molecular complexity index is 1680. The van der Waals surface area contributed by atoms with Crippen LogP contribution in [0, 0.1) is 5.92 Å². The smallest absolute Gasteiger partial charge is 0.338 e. The average Bonchev–Trinajstić information content (AvgIpc) is 3.26. The van der Waals surface area contributed by atoms with Crippen molar-refractivity contribution < 1.29 is 28.5 Å². The number of fused-ring (bicyclic) bond motifs is 1. The number of aromatic nitrogens is 1. The Balaban J connectivity index is 1.83. The molecule has 0 amide bonds. The van der Waals surface area contributed by atoms with E-state index < -0.39 is 18.0 Å². The minimum Gasteiger partial charge on any atom is -0.494 e. The van der Waals surface area contributed by atoms with Crippen LogP contribution in [0.5, 0.6) is 17.2 Å². The van der Waals surface area contributed by atoms with Gasteiger partial charge in [-0.15, -0.1) is 0 Å². The standard InChI is InChI=1S/C33H38N2O7S/c1-7-9-16-40-25-13-10-23(11-14-25)17-28-31(37)35-30(24-12-15-26(42-22(6)36)27(18-24)39-8-2)29(21(5)34-33(35)43-28)32(38)41-19-20(3)4/h10-15,17-18,20,30H,7-9,16,19H2,1-6H3/b28-17+. The molecule has 1 aliphatic rings.